The van der Waals surface area contributed by atoms with Crippen molar-refractivity contribution in [2.45, 2.75) is 57.0 Å². The molecule has 2 heterocycles. The first kappa shape index (κ1) is 18.0. The lowest BCUT2D eigenvalue weighted by atomic mass is 9.83. The minimum Gasteiger partial charge on any atom is -0.411 e. The molecule has 2 fully saturated rings. The van der Waals surface area contributed by atoms with Gasteiger partial charge >= 0.3 is 0 Å². The molecule has 0 bridgehead atoms. The van der Waals surface area contributed by atoms with Crippen LogP contribution in [0, 0.1) is 5.92 Å². The maximum atomic E-state index is 13.2. The van der Waals surface area contributed by atoms with Crippen molar-refractivity contribution < 1.29 is 14.8 Å². The molecule has 1 aromatic rings. The summed E-state index contributed by atoms with van der Waals surface area (Å²) in [5.41, 5.74) is 2.61. The van der Waals surface area contributed by atoms with Gasteiger partial charge in [0, 0.05) is 19.0 Å². The van der Waals surface area contributed by atoms with Crippen LogP contribution in [0.15, 0.2) is 29.4 Å². The monoisotopic (exact) mass is 369 g/mol. The normalized spacial score (nSPS) is 27.9. The molecule has 2 aliphatic heterocycles. The van der Waals surface area contributed by atoms with Crippen molar-refractivity contribution in [2.75, 3.05) is 13.1 Å². The van der Waals surface area contributed by atoms with E-state index in [0.29, 0.717) is 13.1 Å². The third kappa shape index (κ3) is 3.45. The molecule has 0 aromatic heterocycles. The summed E-state index contributed by atoms with van der Waals surface area (Å²) in [6, 6.07) is 7.84. The average molecular weight is 369 g/mol. The van der Waals surface area contributed by atoms with Gasteiger partial charge < -0.3 is 15.0 Å². The number of carbonyl (C=O) groups is 2. The van der Waals surface area contributed by atoms with Crippen molar-refractivity contribution in [3.05, 3.63) is 35.4 Å². The molecular weight excluding hydrogens is 342 g/mol. The number of hydrogen-bond donors (Lipinski definition) is 1. The molecule has 2 saturated heterocycles. The van der Waals surface area contributed by atoms with Gasteiger partial charge in [0.05, 0.1) is 12.3 Å². The third-order valence-electron chi connectivity index (χ3n) is 6.34. The van der Waals surface area contributed by atoms with Crippen LogP contribution in [0.1, 0.15) is 43.2 Å². The Labute approximate surface area is 159 Å². The van der Waals surface area contributed by atoms with E-state index in [2.05, 4.69) is 23.4 Å². The van der Waals surface area contributed by atoms with E-state index >= 15 is 0 Å². The van der Waals surface area contributed by atoms with Gasteiger partial charge in [0.25, 0.3) is 0 Å². The van der Waals surface area contributed by atoms with E-state index in [-0.39, 0.29) is 29.8 Å². The zero-order valence-corrected chi connectivity index (χ0v) is 15.6. The Balaban J connectivity index is 1.47. The van der Waals surface area contributed by atoms with E-state index in [0.717, 1.165) is 44.9 Å². The third-order valence-corrected chi connectivity index (χ3v) is 6.34. The Hall–Kier alpha value is -2.37. The van der Waals surface area contributed by atoms with Gasteiger partial charge in [-0.2, -0.15) is 0 Å². The maximum Gasteiger partial charge on any atom is 0.245 e. The van der Waals surface area contributed by atoms with Crippen LogP contribution in [0.4, 0.5) is 0 Å². The molecule has 2 amide bonds. The summed E-state index contributed by atoms with van der Waals surface area (Å²) in [5, 5.41) is 12.0. The number of hydrogen-bond acceptors (Lipinski definition) is 4. The standard InChI is InChI=1S/C21H27N3O3/c25-20(17-10-9-15-5-1-2-6-16(15)13-17)24-12-4-8-19(24)21(26)23-11-3-7-18(23)14-22-27/h1-2,5-6,14,17-19,27H,3-4,7-13H2/t17-,18-,19+/m0/s1. The predicted octanol–water partition coefficient (Wildman–Crippen LogP) is 2.23. The zero-order valence-electron chi connectivity index (χ0n) is 15.6. The number of likely N-dealkylation sites (tertiary alicyclic amines) is 2. The van der Waals surface area contributed by atoms with Crippen LogP contribution >= 0.6 is 0 Å². The average Bonchev–Trinajstić information content (AvgIpc) is 3.36. The van der Waals surface area contributed by atoms with Gasteiger partial charge in [-0.25, -0.2) is 0 Å². The van der Waals surface area contributed by atoms with Gasteiger partial charge in [0.15, 0.2) is 0 Å². The molecule has 4 rings (SSSR count). The van der Waals surface area contributed by atoms with E-state index in [1.165, 1.54) is 17.3 Å². The molecule has 1 aliphatic carbocycles. The molecule has 6 nitrogen and oxygen atoms in total. The van der Waals surface area contributed by atoms with Crippen LogP contribution in [0.3, 0.4) is 0 Å². The highest BCUT2D eigenvalue weighted by Crippen LogP contribution is 2.30. The molecular formula is C21H27N3O3. The second-order valence-electron chi connectivity index (χ2n) is 7.90. The largest absolute Gasteiger partial charge is 0.411 e. The van der Waals surface area contributed by atoms with Gasteiger partial charge in [0.1, 0.15) is 6.04 Å². The first-order chi connectivity index (χ1) is 13.2. The Morgan fingerprint density at radius 1 is 1.00 bits per heavy atom. The zero-order chi connectivity index (χ0) is 18.8. The Bertz CT molecular complexity index is 748. The Kier molecular flexibility index (Phi) is 5.14. The highest BCUT2D eigenvalue weighted by atomic mass is 16.4. The molecule has 6 heteroatoms. The van der Waals surface area contributed by atoms with E-state index in [9.17, 15) is 9.59 Å². The minimum atomic E-state index is -0.359. The number of fused-ring (bicyclic) bond motifs is 1. The SMILES string of the molecule is O=C([C@H]1CCCN1C(=O)[C@H]1CCc2ccccc2C1)N1CCC[C@H]1C=NO. The maximum absolute atomic E-state index is 13.2. The second-order valence-corrected chi connectivity index (χ2v) is 7.90. The number of nitrogens with zero attached hydrogens (tertiary/aromatic N) is 3. The van der Waals surface area contributed by atoms with E-state index in [4.69, 9.17) is 5.21 Å². The summed E-state index contributed by atoms with van der Waals surface area (Å²) in [6.07, 6.45) is 7.32. The summed E-state index contributed by atoms with van der Waals surface area (Å²) in [4.78, 5) is 30.0. The fraction of sp³-hybridized carbons (Fsp3) is 0.571. The van der Waals surface area contributed by atoms with Crippen molar-refractivity contribution in [1.82, 2.24) is 9.80 Å². The van der Waals surface area contributed by atoms with Gasteiger partial charge in [-0.05, 0) is 56.1 Å². The van der Waals surface area contributed by atoms with Crippen LogP contribution < -0.4 is 0 Å². The van der Waals surface area contributed by atoms with Crippen molar-refractivity contribution in [2.24, 2.45) is 11.1 Å². The molecule has 0 saturated carbocycles. The fourth-order valence-electron chi connectivity index (χ4n) is 4.92. The first-order valence-electron chi connectivity index (χ1n) is 10.0. The summed E-state index contributed by atoms with van der Waals surface area (Å²) in [7, 11) is 0. The molecule has 0 unspecified atom stereocenters. The van der Waals surface area contributed by atoms with Crippen LogP contribution in [0.2, 0.25) is 0 Å². The number of aryl methyl sites for hydroxylation is 1. The Morgan fingerprint density at radius 3 is 2.56 bits per heavy atom. The molecule has 27 heavy (non-hydrogen) atoms. The highest BCUT2D eigenvalue weighted by Gasteiger charge is 2.41. The second kappa shape index (κ2) is 7.71. The Morgan fingerprint density at radius 2 is 1.74 bits per heavy atom. The lowest BCUT2D eigenvalue weighted by Gasteiger charge is -2.33. The number of amides is 2. The van der Waals surface area contributed by atoms with Crippen LogP contribution in [0.25, 0.3) is 0 Å². The molecule has 0 radical (unpaired) electrons. The summed E-state index contributed by atoms with van der Waals surface area (Å²) >= 11 is 0. The van der Waals surface area contributed by atoms with Crippen LogP contribution in [-0.2, 0) is 22.4 Å². The topological polar surface area (TPSA) is 73.2 Å². The quantitative estimate of drug-likeness (QED) is 0.504. The lowest BCUT2D eigenvalue weighted by molar-refractivity contribution is -0.146. The first-order valence-corrected chi connectivity index (χ1v) is 10.0. The summed E-state index contributed by atoms with van der Waals surface area (Å²) in [5.74, 6) is 0.119. The number of rotatable bonds is 3. The summed E-state index contributed by atoms with van der Waals surface area (Å²) < 4.78 is 0. The fourth-order valence-corrected chi connectivity index (χ4v) is 4.92. The molecule has 1 aromatic carbocycles. The molecule has 0 spiro atoms. The minimum absolute atomic E-state index is 0.0134. The van der Waals surface area contributed by atoms with E-state index in [1.807, 2.05) is 11.0 Å². The smallest absolute Gasteiger partial charge is 0.245 e. The number of benzene rings is 1. The van der Waals surface area contributed by atoms with Crippen molar-refractivity contribution >= 4 is 18.0 Å². The van der Waals surface area contributed by atoms with Crippen molar-refractivity contribution in [1.29, 1.82) is 0 Å². The van der Waals surface area contributed by atoms with E-state index in [1.54, 1.807) is 4.90 Å². The molecule has 144 valence electrons. The molecule has 3 aliphatic rings. The highest BCUT2D eigenvalue weighted by molar-refractivity contribution is 5.91. The van der Waals surface area contributed by atoms with Crippen LogP contribution in [0.5, 0.6) is 0 Å². The van der Waals surface area contributed by atoms with Crippen LogP contribution in [-0.4, -0.2) is 58.2 Å². The molecule has 1 N–H and O–H groups in total. The predicted molar refractivity (Wildman–Crippen MR) is 102 cm³/mol. The van der Waals surface area contributed by atoms with Gasteiger partial charge in [0.2, 0.25) is 11.8 Å². The van der Waals surface area contributed by atoms with Gasteiger partial charge in [-0.15, -0.1) is 0 Å². The lowest BCUT2D eigenvalue weighted by Crippen LogP contribution is -2.51. The summed E-state index contributed by atoms with van der Waals surface area (Å²) in [6.45, 7) is 1.34. The van der Waals surface area contributed by atoms with Gasteiger partial charge in [-0.3, -0.25) is 9.59 Å². The van der Waals surface area contributed by atoms with E-state index < -0.39 is 0 Å². The molecule has 3 atom stereocenters. The van der Waals surface area contributed by atoms with Crippen molar-refractivity contribution in [3.8, 4) is 0 Å². The number of oxime groups is 1. The number of carbonyl (C=O) groups excluding carboxylic acids is 2. The van der Waals surface area contributed by atoms with Gasteiger partial charge in [-0.1, -0.05) is 29.4 Å². The van der Waals surface area contributed by atoms with Crippen molar-refractivity contribution in [3.63, 3.8) is 0 Å².